The number of hydrogen-bond acceptors (Lipinski definition) is 4. The van der Waals surface area contributed by atoms with Crippen LogP contribution in [0.4, 0.5) is 14.5 Å². The number of sulfonamides is 1. The first-order chi connectivity index (χ1) is 14.8. The molecule has 0 aliphatic carbocycles. The highest BCUT2D eigenvalue weighted by Crippen LogP contribution is 2.37. The van der Waals surface area contributed by atoms with Crippen LogP contribution < -0.4 is 10.0 Å². The lowest BCUT2D eigenvalue weighted by Crippen LogP contribution is -2.30. The number of benzene rings is 3. The van der Waals surface area contributed by atoms with Crippen LogP contribution in [0.1, 0.15) is 28.4 Å². The summed E-state index contributed by atoms with van der Waals surface area (Å²) in [6, 6.07) is 15.0. The van der Waals surface area contributed by atoms with E-state index in [1.54, 1.807) is 6.07 Å². The zero-order valence-corrected chi connectivity index (χ0v) is 17.8. The van der Waals surface area contributed by atoms with Crippen molar-refractivity contribution in [1.29, 1.82) is 0 Å². The highest BCUT2D eigenvalue weighted by Gasteiger charge is 2.25. The van der Waals surface area contributed by atoms with Gasteiger partial charge in [0.25, 0.3) is 15.9 Å². The number of thioether (sulfide) groups is 1. The number of amides is 1. The average Bonchev–Trinajstić information content (AvgIpc) is 2.75. The molecule has 1 aliphatic heterocycles. The van der Waals surface area contributed by atoms with Crippen LogP contribution in [0.15, 0.2) is 76.5 Å². The van der Waals surface area contributed by atoms with Crippen molar-refractivity contribution < 1.29 is 22.0 Å². The summed E-state index contributed by atoms with van der Waals surface area (Å²) in [6.45, 7) is 0. The lowest BCUT2D eigenvalue weighted by atomic mass is 10.0. The summed E-state index contributed by atoms with van der Waals surface area (Å²) in [5.74, 6) is -0.460. The van der Waals surface area contributed by atoms with Gasteiger partial charge < -0.3 is 5.32 Å². The van der Waals surface area contributed by atoms with Gasteiger partial charge in [0.15, 0.2) is 0 Å². The Hall–Kier alpha value is -2.91. The molecular weight excluding hydrogens is 442 g/mol. The van der Waals surface area contributed by atoms with Crippen molar-refractivity contribution in [3.8, 4) is 0 Å². The second kappa shape index (κ2) is 8.68. The minimum Gasteiger partial charge on any atom is -0.345 e. The quantitative estimate of drug-likeness (QED) is 0.577. The summed E-state index contributed by atoms with van der Waals surface area (Å²) in [5, 5.41) is 2.92. The summed E-state index contributed by atoms with van der Waals surface area (Å²) >= 11 is 1.44. The van der Waals surface area contributed by atoms with Crippen molar-refractivity contribution in [3.05, 3.63) is 89.5 Å². The first-order valence-corrected chi connectivity index (χ1v) is 11.9. The minimum atomic E-state index is -3.88. The van der Waals surface area contributed by atoms with E-state index in [1.165, 1.54) is 54.2 Å². The fraction of sp³-hybridized carbons (Fsp3) is 0.136. The molecule has 160 valence electrons. The smallest absolute Gasteiger partial charge is 0.261 e. The number of carbonyl (C=O) groups is 1. The molecule has 0 unspecified atom stereocenters. The van der Waals surface area contributed by atoms with Crippen LogP contribution in [-0.4, -0.2) is 20.1 Å². The zero-order chi connectivity index (χ0) is 22.0. The van der Waals surface area contributed by atoms with Gasteiger partial charge in [-0.2, -0.15) is 0 Å². The number of nitrogens with one attached hydrogen (secondary N) is 2. The van der Waals surface area contributed by atoms with E-state index in [0.29, 0.717) is 22.6 Å². The first kappa shape index (κ1) is 21.3. The molecule has 0 spiro atoms. The van der Waals surface area contributed by atoms with Crippen molar-refractivity contribution in [3.63, 3.8) is 0 Å². The van der Waals surface area contributed by atoms with Crippen molar-refractivity contribution in [2.75, 3.05) is 10.5 Å². The largest absolute Gasteiger partial charge is 0.345 e. The van der Waals surface area contributed by atoms with Crippen LogP contribution >= 0.6 is 11.8 Å². The van der Waals surface area contributed by atoms with Gasteiger partial charge in [0.2, 0.25) is 0 Å². The van der Waals surface area contributed by atoms with Crippen LogP contribution in [0.5, 0.6) is 0 Å². The predicted octanol–water partition coefficient (Wildman–Crippen LogP) is 4.73. The highest BCUT2D eigenvalue weighted by molar-refractivity contribution is 7.99. The summed E-state index contributed by atoms with van der Waals surface area (Å²) in [7, 11) is -3.88. The van der Waals surface area contributed by atoms with Crippen molar-refractivity contribution in [2.45, 2.75) is 22.3 Å². The predicted molar refractivity (Wildman–Crippen MR) is 116 cm³/mol. The van der Waals surface area contributed by atoms with Gasteiger partial charge in [-0.15, -0.1) is 11.8 Å². The molecule has 31 heavy (non-hydrogen) atoms. The molecule has 0 bridgehead atoms. The van der Waals surface area contributed by atoms with E-state index in [-0.39, 0.29) is 28.3 Å². The number of fused-ring (bicyclic) bond motifs is 1. The second-order valence-corrected chi connectivity index (χ2v) is 9.75. The zero-order valence-electron chi connectivity index (χ0n) is 16.1. The monoisotopic (exact) mass is 460 g/mol. The van der Waals surface area contributed by atoms with Gasteiger partial charge in [0, 0.05) is 21.9 Å². The van der Waals surface area contributed by atoms with Crippen LogP contribution in [0.25, 0.3) is 0 Å². The Labute approximate surface area is 182 Å². The SMILES string of the molecule is O=C(N[C@H]1CCSc2c(F)cccc21)c1ccc(NS(=O)(=O)c2ccc(F)cc2)cc1. The molecular formula is C22H18F2N2O3S2. The Morgan fingerprint density at radius 3 is 2.39 bits per heavy atom. The summed E-state index contributed by atoms with van der Waals surface area (Å²) in [6.07, 6.45) is 0.683. The van der Waals surface area contributed by atoms with Crippen LogP contribution in [0.3, 0.4) is 0 Å². The van der Waals surface area contributed by atoms with E-state index in [9.17, 15) is 22.0 Å². The van der Waals surface area contributed by atoms with Gasteiger partial charge in [-0.3, -0.25) is 9.52 Å². The highest BCUT2D eigenvalue weighted by atomic mass is 32.2. The van der Waals surface area contributed by atoms with Crippen LogP contribution in [0.2, 0.25) is 0 Å². The van der Waals surface area contributed by atoms with Crippen molar-refractivity contribution in [1.82, 2.24) is 5.32 Å². The Morgan fingerprint density at radius 1 is 0.968 bits per heavy atom. The van der Waals surface area contributed by atoms with Gasteiger partial charge in [-0.05, 0) is 66.6 Å². The normalized spacial score (nSPS) is 15.7. The number of carbonyl (C=O) groups excluding carboxylic acids is 1. The molecule has 9 heteroatoms. The van der Waals surface area contributed by atoms with Gasteiger partial charge in [-0.1, -0.05) is 12.1 Å². The lowest BCUT2D eigenvalue weighted by Gasteiger charge is -2.26. The topological polar surface area (TPSA) is 75.3 Å². The molecule has 1 atom stereocenters. The molecule has 1 aliphatic rings. The molecule has 4 rings (SSSR count). The number of anilines is 1. The molecule has 0 aromatic heterocycles. The van der Waals surface area contributed by atoms with Crippen molar-refractivity contribution in [2.24, 2.45) is 0 Å². The molecule has 3 aromatic carbocycles. The maximum Gasteiger partial charge on any atom is 0.261 e. The molecule has 1 heterocycles. The molecule has 0 saturated carbocycles. The Kier molecular flexibility index (Phi) is 5.97. The number of hydrogen-bond donors (Lipinski definition) is 2. The van der Waals surface area contributed by atoms with Gasteiger partial charge in [0.1, 0.15) is 11.6 Å². The fourth-order valence-corrected chi connectivity index (χ4v) is 5.49. The standard InChI is InChI=1S/C22H18F2N2O3S2/c23-15-6-10-17(11-7-15)31(28,29)26-16-8-4-14(5-9-16)22(27)25-20-12-13-30-21-18(20)2-1-3-19(21)24/h1-11,20,26H,12-13H2,(H,25,27)/t20-/m0/s1. The van der Waals surface area contributed by atoms with E-state index in [0.717, 1.165) is 17.7 Å². The van der Waals surface area contributed by atoms with E-state index < -0.39 is 15.8 Å². The summed E-state index contributed by atoms with van der Waals surface area (Å²) < 4.78 is 54.2. The Bertz CT molecular complexity index is 1210. The van der Waals surface area contributed by atoms with E-state index in [2.05, 4.69) is 10.0 Å². The van der Waals surface area contributed by atoms with E-state index >= 15 is 0 Å². The van der Waals surface area contributed by atoms with E-state index in [4.69, 9.17) is 0 Å². The molecule has 0 radical (unpaired) electrons. The molecule has 1 amide bonds. The van der Waals surface area contributed by atoms with Crippen LogP contribution in [-0.2, 0) is 10.0 Å². The summed E-state index contributed by atoms with van der Waals surface area (Å²) in [4.78, 5) is 13.2. The van der Waals surface area contributed by atoms with Crippen LogP contribution in [0, 0.1) is 11.6 Å². The second-order valence-electron chi connectivity index (χ2n) is 6.96. The third kappa shape index (κ3) is 4.72. The molecule has 0 fully saturated rings. The molecule has 0 saturated heterocycles. The third-order valence-electron chi connectivity index (χ3n) is 4.85. The first-order valence-electron chi connectivity index (χ1n) is 9.44. The van der Waals surface area contributed by atoms with Gasteiger partial charge in [0.05, 0.1) is 10.9 Å². The average molecular weight is 461 g/mol. The Morgan fingerprint density at radius 2 is 1.68 bits per heavy atom. The number of halogens is 2. The van der Waals surface area contributed by atoms with Gasteiger partial charge in [-0.25, -0.2) is 17.2 Å². The van der Waals surface area contributed by atoms with E-state index in [1.807, 2.05) is 6.07 Å². The third-order valence-corrected chi connectivity index (χ3v) is 7.41. The maximum atomic E-state index is 14.0. The Balaban J connectivity index is 1.46. The summed E-state index contributed by atoms with van der Waals surface area (Å²) in [5.41, 5.74) is 1.37. The minimum absolute atomic E-state index is 0.0724. The lowest BCUT2D eigenvalue weighted by molar-refractivity contribution is 0.0934. The number of rotatable bonds is 5. The molecule has 2 N–H and O–H groups in total. The van der Waals surface area contributed by atoms with Crippen molar-refractivity contribution >= 4 is 33.4 Å². The van der Waals surface area contributed by atoms with Gasteiger partial charge >= 0.3 is 0 Å². The maximum absolute atomic E-state index is 14.0. The molecule has 5 nitrogen and oxygen atoms in total. The molecule has 3 aromatic rings. The fourth-order valence-electron chi connectivity index (χ4n) is 3.30.